The Morgan fingerprint density at radius 2 is 1.61 bits per heavy atom. The first-order chi connectivity index (χ1) is 18.5. The lowest BCUT2D eigenvalue weighted by Gasteiger charge is -2.20. The van der Waals surface area contributed by atoms with E-state index in [1.54, 1.807) is 19.9 Å². The molecule has 1 heterocycles. The van der Waals surface area contributed by atoms with Gasteiger partial charge in [-0.3, -0.25) is 0 Å². The van der Waals surface area contributed by atoms with Gasteiger partial charge in [0.05, 0.1) is 13.2 Å². The van der Waals surface area contributed by atoms with Crippen LogP contribution < -0.4 is 19.9 Å². The molecule has 2 aliphatic rings. The van der Waals surface area contributed by atoms with E-state index in [0.29, 0.717) is 13.2 Å². The maximum atomic E-state index is 11.9. The van der Waals surface area contributed by atoms with Gasteiger partial charge < -0.3 is 18.9 Å². The number of hydrogen-bond donors (Lipinski definition) is 0. The van der Waals surface area contributed by atoms with E-state index < -0.39 is 0 Å². The lowest BCUT2D eigenvalue weighted by atomic mass is 9.84. The fourth-order valence-electron chi connectivity index (χ4n) is 4.98. The molecule has 5 rings (SSSR count). The van der Waals surface area contributed by atoms with E-state index in [1.165, 1.54) is 12.2 Å². The van der Waals surface area contributed by atoms with Crippen molar-refractivity contribution in [2.75, 3.05) is 20.0 Å². The first kappa shape index (κ1) is 25.3. The minimum Gasteiger partial charge on any atom is -0.463 e. The molecule has 3 aromatic rings. The fraction of sp³-hybridized carbons (Fsp3) is 0.250. The summed E-state index contributed by atoms with van der Waals surface area (Å²) in [5.74, 6) is 1.04. The maximum Gasteiger partial charge on any atom is 0.330 e. The molecule has 0 saturated heterocycles. The maximum absolute atomic E-state index is 11.9. The molecule has 0 spiro atoms. The van der Waals surface area contributed by atoms with Gasteiger partial charge in [0.25, 0.3) is 0 Å². The normalized spacial score (nSPS) is 17.8. The Morgan fingerprint density at radius 3 is 2.37 bits per heavy atom. The third-order valence-electron chi connectivity index (χ3n) is 6.77. The van der Waals surface area contributed by atoms with Crippen molar-refractivity contribution in [1.29, 1.82) is 0 Å². The average Bonchev–Trinajstić information content (AvgIpc) is 3.10. The summed E-state index contributed by atoms with van der Waals surface area (Å²) in [4.78, 5) is 23.6. The van der Waals surface area contributed by atoms with Crippen molar-refractivity contribution in [3.63, 3.8) is 0 Å². The molecule has 6 nitrogen and oxygen atoms in total. The highest BCUT2D eigenvalue weighted by Gasteiger charge is 2.23. The Labute approximate surface area is 221 Å². The van der Waals surface area contributed by atoms with E-state index in [-0.39, 0.29) is 30.6 Å². The number of hydrogen-bond acceptors (Lipinski definition) is 6. The third kappa shape index (κ3) is 5.07. The summed E-state index contributed by atoms with van der Waals surface area (Å²) in [6, 6.07) is 14.1. The lowest BCUT2D eigenvalue weighted by Crippen LogP contribution is -2.33. The summed E-state index contributed by atoms with van der Waals surface area (Å²) in [5, 5.41) is 4.21. The van der Waals surface area contributed by atoms with Crippen LogP contribution in [-0.2, 0) is 19.1 Å². The minimum absolute atomic E-state index is 0.0636. The van der Waals surface area contributed by atoms with Crippen LogP contribution in [0.2, 0.25) is 0 Å². The number of ether oxygens (including phenoxy) is 4. The summed E-state index contributed by atoms with van der Waals surface area (Å²) in [6.45, 7) is 6.53. The molecule has 3 aromatic carbocycles. The lowest BCUT2D eigenvalue weighted by molar-refractivity contribution is -0.138. The van der Waals surface area contributed by atoms with Crippen molar-refractivity contribution in [2.45, 2.75) is 20.8 Å². The van der Waals surface area contributed by atoms with Gasteiger partial charge in [-0.2, -0.15) is 0 Å². The molecule has 38 heavy (non-hydrogen) atoms. The highest BCUT2D eigenvalue weighted by molar-refractivity contribution is 6.02. The van der Waals surface area contributed by atoms with Crippen molar-refractivity contribution < 1.29 is 28.5 Å². The van der Waals surface area contributed by atoms with Gasteiger partial charge in [-0.1, -0.05) is 49.4 Å². The molecule has 0 radical (unpaired) electrons. The number of benzene rings is 3. The van der Waals surface area contributed by atoms with Crippen molar-refractivity contribution in [2.24, 2.45) is 11.8 Å². The monoisotopic (exact) mass is 510 g/mol. The largest absolute Gasteiger partial charge is 0.463 e. The van der Waals surface area contributed by atoms with E-state index >= 15 is 0 Å². The van der Waals surface area contributed by atoms with E-state index in [9.17, 15) is 9.59 Å². The smallest absolute Gasteiger partial charge is 0.330 e. The summed E-state index contributed by atoms with van der Waals surface area (Å²) in [6.07, 6.45) is 11.0. The standard InChI is InChI=1S/C32H30O6/c1-4-35-29(33)14-7-21-6-11-25-23(17-21)8-12-27-31(25)32-26-16-20(3)22(10-15-30(34)36-5-2)18-24(26)9-13-28(32)38-19-37-27/h6-18,20,22H,4-5,19H2,1-3H3/b14-7+,15-10+. The summed E-state index contributed by atoms with van der Waals surface area (Å²) >= 11 is 0. The molecule has 0 bridgehead atoms. The Hall–Kier alpha value is -4.32. The van der Waals surface area contributed by atoms with Crippen LogP contribution in [0.3, 0.4) is 0 Å². The number of fused-ring (bicyclic) bond motifs is 7. The van der Waals surface area contributed by atoms with Crippen LogP contribution in [0.25, 0.3) is 40.1 Å². The van der Waals surface area contributed by atoms with Gasteiger partial charge in [-0.25, -0.2) is 9.59 Å². The van der Waals surface area contributed by atoms with Crippen LogP contribution in [0.1, 0.15) is 26.3 Å². The summed E-state index contributed by atoms with van der Waals surface area (Å²) in [5.41, 5.74) is 2.87. The van der Waals surface area contributed by atoms with Gasteiger partial charge in [-0.15, -0.1) is 0 Å². The molecule has 0 aromatic heterocycles. The zero-order valence-electron chi connectivity index (χ0n) is 21.7. The third-order valence-corrected chi connectivity index (χ3v) is 6.77. The van der Waals surface area contributed by atoms with Gasteiger partial charge in [0.2, 0.25) is 6.79 Å². The SMILES string of the molecule is CCOC(=O)/C=C/c1ccc2c3c(ccc2c1)OCOc1ccc2c(c1-3)=CC(C)C(/C=C/C(=O)OCC)C=2. The minimum atomic E-state index is -0.364. The quantitative estimate of drug-likeness (QED) is 0.352. The van der Waals surface area contributed by atoms with Crippen molar-refractivity contribution in [1.82, 2.24) is 0 Å². The number of esters is 2. The molecular weight excluding hydrogens is 480 g/mol. The molecule has 0 amide bonds. The first-order valence-electron chi connectivity index (χ1n) is 12.9. The number of carbonyl (C=O) groups excluding carboxylic acids is 2. The second kappa shape index (κ2) is 11.0. The predicted octanol–water partition coefficient (Wildman–Crippen LogP) is 4.76. The molecule has 2 atom stereocenters. The van der Waals surface area contributed by atoms with E-state index in [4.69, 9.17) is 18.9 Å². The summed E-state index contributed by atoms with van der Waals surface area (Å²) < 4.78 is 22.1. The van der Waals surface area contributed by atoms with Crippen molar-refractivity contribution in [3.8, 4) is 22.6 Å². The second-order valence-corrected chi connectivity index (χ2v) is 9.23. The van der Waals surface area contributed by atoms with Crippen LogP contribution in [-0.4, -0.2) is 31.9 Å². The van der Waals surface area contributed by atoms with Gasteiger partial charge in [0.15, 0.2) is 0 Å². The van der Waals surface area contributed by atoms with E-state index in [0.717, 1.165) is 49.4 Å². The van der Waals surface area contributed by atoms with Crippen LogP contribution in [0.5, 0.6) is 11.5 Å². The average molecular weight is 511 g/mol. The molecule has 0 saturated carbocycles. The molecule has 2 unspecified atom stereocenters. The number of carbonyl (C=O) groups is 2. The molecule has 194 valence electrons. The Kier molecular flexibility index (Phi) is 7.31. The zero-order valence-corrected chi connectivity index (χ0v) is 21.7. The number of allylic oxidation sites excluding steroid dienone is 1. The highest BCUT2D eigenvalue weighted by Crippen LogP contribution is 2.42. The van der Waals surface area contributed by atoms with Crippen molar-refractivity contribution in [3.05, 3.63) is 76.7 Å². The summed E-state index contributed by atoms with van der Waals surface area (Å²) in [7, 11) is 0. The molecule has 0 N–H and O–H groups in total. The Balaban J connectivity index is 1.63. The Morgan fingerprint density at radius 1 is 0.895 bits per heavy atom. The highest BCUT2D eigenvalue weighted by atomic mass is 16.7. The first-order valence-corrected chi connectivity index (χ1v) is 12.9. The molecule has 6 heteroatoms. The van der Waals surface area contributed by atoms with Crippen molar-refractivity contribution >= 4 is 40.9 Å². The van der Waals surface area contributed by atoms with E-state index in [1.807, 2.05) is 36.4 Å². The van der Waals surface area contributed by atoms with E-state index in [2.05, 4.69) is 31.2 Å². The second-order valence-electron chi connectivity index (χ2n) is 9.23. The van der Waals surface area contributed by atoms with Crippen LogP contribution in [0.15, 0.2) is 60.7 Å². The molecule has 0 fully saturated rings. The van der Waals surface area contributed by atoms with Crippen LogP contribution in [0.4, 0.5) is 0 Å². The van der Waals surface area contributed by atoms with Crippen LogP contribution >= 0.6 is 0 Å². The van der Waals surface area contributed by atoms with Gasteiger partial charge in [0.1, 0.15) is 11.5 Å². The van der Waals surface area contributed by atoms with Crippen LogP contribution in [0, 0.1) is 11.8 Å². The Bertz CT molecular complexity index is 1580. The predicted molar refractivity (Wildman–Crippen MR) is 148 cm³/mol. The van der Waals surface area contributed by atoms with Gasteiger partial charge in [0, 0.05) is 29.2 Å². The molecular formula is C32H30O6. The fourth-order valence-corrected chi connectivity index (χ4v) is 4.98. The van der Waals surface area contributed by atoms with Gasteiger partial charge in [-0.05, 0) is 70.8 Å². The zero-order chi connectivity index (χ0) is 26.6. The van der Waals surface area contributed by atoms with Gasteiger partial charge >= 0.3 is 11.9 Å². The molecule has 1 aliphatic carbocycles. The molecule has 1 aliphatic heterocycles. The topological polar surface area (TPSA) is 71.1 Å². The number of rotatable bonds is 6.